The Hall–Kier alpha value is -2.81. The molecule has 1 atom stereocenters. The molecule has 0 bridgehead atoms. The summed E-state index contributed by atoms with van der Waals surface area (Å²) >= 11 is 8.57. The van der Waals surface area contributed by atoms with Gasteiger partial charge in [0.1, 0.15) is 12.3 Å². The molecule has 9 heteroatoms. The van der Waals surface area contributed by atoms with Crippen LogP contribution in [-0.2, 0) is 0 Å². The molecule has 0 spiro atoms. The van der Waals surface area contributed by atoms with Crippen molar-refractivity contribution in [2.75, 3.05) is 13.6 Å². The zero-order chi connectivity index (χ0) is 24.2. The Bertz CT molecular complexity index is 1260. The lowest BCUT2D eigenvalue weighted by molar-refractivity contribution is 0.0971. The van der Waals surface area contributed by atoms with Gasteiger partial charge < -0.3 is 5.11 Å². The molecule has 176 valence electrons. The first-order valence-electron chi connectivity index (χ1n) is 10.8. The van der Waals surface area contributed by atoms with E-state index in [2.05, 4.69) is 10.1 Å². The number of hydrogen-bond donors (Lipinski definition) is 1. The van der Waals surface area contributed by atoms with Gasteiger partial charge in [0.2, 0.25) is 0 Å². The number of carbonyl (C=O) groups excluding carboxylic acids is 2. The van der Waals surface area contributed by atoms with E-state index in [1.807, 2.05) is 35.8 Å². The molecule has 0 aliphatic carbocycles. The number of rotatable bonds is 9. The Balaban J connectivity index is 1.37. The summed E-state index contributed by atoms with van der Waals surface area (Å²) in [5.41, 5.74) is 2.05. The number of benzene rings is 1. The molecule has 0 amide bonds. The molecule has 3 heterocycles. The van der Waals surface area contributed by atoms with E-state index in [9.17, 15) is 14.7 Å². The number of carbonyl (C=O) groups is 2. The highest BCUT2D eigenvalue weighted by Gasteiger charge is 2.20. The summed E-state index contributed by atoms with van der Waals surface area (Å²) in [4.78, 5) is 31.4. The van der Waals surface area contributed by atoms with Crippen molar-refractivity contribution in [3.05, 3.63) is 62.1 Å². The molecule has 1 unspecified atom stereocenters. The fraction of sp³-hybridized carbons (Fsp3) is 0.280. The van der Waals surface area contributed by atoms with Crippen molar-refractivity contribution in [1.82, 2.24) is 5.01 Å². The number of ketones is 2. The van der Waals surface area contributed by atoms with Gasteiger partial charge >= 0.3 is 0 Å². The molecule has 6 nitrogen and oxygen atoms in total. The zero-order valence-corrected chi connectivity index (χ0v) is 21.2. The second-order valence-corrected chi connectivity index (χ2v) is 10.4. The monoisotopic (exact) mass is 513 g/mol. The van der Waals surface area contributed by atoms with Crippen molar-refractivity contribution in [2.24, 2.45) is 10.1 Å². The molecular weight excluding hydrogens is 490 g/mol. The first kappa shape index (κ1) is 24.3. The number of Topliss-reactive ketones (excluding diaryl/α,β-unsaturated/α-hetero) is 2. The minimum absolute atomic E-state index is 0.0435. The average molecular weight is 514 g/mol. The number of halogens is 1. The third-order valence-electron chi connectivity index (χ3n) is 5.75. The Labute approximate surface area is 211 Å². The van der Waals surface area contributed by atoms with Gasteiger partial charge in [-0.05, 0) is 43.2 Å². The van der Waals surface area contributed by atoms with Crippen molar-refractivity contribution in [3.63, 3.8) is 0 Å². The summed E-state index contributed by atoms with van der Waals surface area (Å²) in [5.74, 6) is 0.0327. The van der Waals surface area contributed by atoms with Gasteiger partial charge in [0.15, 0.2) is 11.6 Å². The largest absolute Gasteiger partial charge is 0.506 e. The van der Waals surface area contributed by atoms with Crippen LogP contribution in [0.1, 0.15) is 51.1 Å². The molecule has 1 aliphatic heterocycles. The minimum Gasteiger partial charge on any atom is -0.506 e. The van der Waals surface area contributed by atoms with E-state index in [0.29, 0.717) is 32.5 Å². The van der Waals surface area contributed by atoms with Crippen LogP contribution in [0.2, 0.25) is 5.02 Å². The van der Waals surface area contributed by atoms with E-state index in [0.717, 1.165) is 23.3 Å². The number of thiophene rings is 2. The highest BCUT2D eigenvalue weighted by Crippen LogP contribution is 2.39. The molecule has 1 aliphatic rings. The summed E-state index contributed by atoms with van der Waals surface area (Å²) in [6, 6.07) is 10.9. The molecule has 1 N–H and O–H groups in total. The standard InChI is InChI=1S/C25H24ClN3O3S2/c1-15(19-14-33-25(24(19)32)16-3-5-17(26)6-4-16)27-13-21(31)23-10-9-22(34-23)20(30)8-7-18-11-12-28-29(18)2/h3-6,9-10,12,14,18,32H,7-8,11,13H2,1-2H3. The number of hydrazone groups is 1. The first-order valence-corrected chi connectivity index (χ1v) is 12.9. The van der Waals surface area contributed by atoms with E-state index in [4.69, 9.17) is 11.6 Å². The van der Waals surface area contributed by atoms with Crippen LogP contribution in [0.15, 0.2) is 51.9 Å². The van der Waals surface area contributed by atoms with Crippen LogP contribution >= 0.6 is 34.3 Å². The van der Waals surface area contributed by atoms with Crippen LogP contribution < -0.4 is 0 Å². The third kappa shape index (κ3) is 5.46. The summed E-state index contributed by atoms with van der Waals surface area (Å²) < 4.78 is 0. The van der Waals surface area contributed by atoms with E-state index in [1.54, 1.807) is 31.2 Å². The molecule has 0 saturated heterocycles. The van der Waals surface area contributed by atoms with Crippen LogP contribution in [0.4, 0.5) is 0 Å². The molecule has 4 rings (SSSR count). The predicted octanol–water partition coefficient (Wildman–Crippen LogP) is 6.18. The van der Waals surface area contributed by atoms with Gasteiger partial charge in [-0.3, -0.25) is 19.6 Å². The fourth-order valence-corrected chi connectivity index (χ4v) is 5.72. The smallest absolute Gasteiger partial charge is 0.194 e. The predicted molar refractivity (Wildman–Crippen MR) is 140 cm³/mol. The van der Waals surface area contributed by atoms with Crippen molar-refractivity contribution in [2.45, 2.75) is 32.2 Å². The molecule has 0 fully saturated rings. The maximum Gasteiger partial charge on any atom is 0.194 e. The molecule has 2 aromatic heterocycles. The lowest BCUT2D eigenvalue weighted by Gasteiger charge is -2.17. The first-order chi connectivity index (χ1) is 16.3. The topological polar surface area (TPSA) is 82.3 Å². The second-order valence-electron chi connectivity index (χ2n) is 8.05. The molecule has 3 aromatic rings. The molecule has 1 aromatic carbocycles. The summed E-state index contributed by atoms with van der Waals surface area (Å²) in [5, 5.41) is 19.2. The highest BCUT2D eigenvalue weighted by molar-refractivity contribution is 7.16. The minimum atomic E-state index is -0.153. The number of nitrogens with zero attached hydrogens (tertiary/aromatic N) is 3. The maximum absolute atomic E-state index is 12.7. The molecule has 0 radical (unpaired) electrons. The van der Waals surface area contributed by atoms with Crippen molar-refractivity contribution in [3.8, 4) is 16.2 Å². The van der Waals surface area contributed by atoms with Gasteiger partial charge in [-0.25, -0.2) is 0 Å². The van der Waals surface area contributed by atoms with Gasteiger partial charge in [0.25, 0.3) is 0 Å². The Morgan fingerprint density at radius 1 is 1.18 bits per heavy atom. The maximum atomic E-state index is 12.7. The fourth-order valence-electron chi connectivity index (χ4n) is 3.68. The van der Waals surface area contributed by atoms with Crippen molar-refractivity contribution in [1.29, 1.82) is 0 Å². The van der Waals surface area contributed by atoms with E-state index in [1.165, 1.54) is 22.7 Å². The van der Waals surface area contributed by atoms with E-state index >= 15 is 0 Å². The quantitative estimate of drug-likeness (QED) is 0.273. The normalized spacial score (nSPS) is 15.8. The summed E-state index contributed by atoms with van der Waals surface area (Å²) in [6.45, 7) is 1.73. The Morgan fingerprint density at radius 2 is 1.88 bits per heavy atom. The van der Waals surface area contributed by atoms with Gasteiger partial charge in [0, 0.05) is 47.8 Å². The zero-order valence-electron chi connectivity index (χ0n) is 18.8. The highest BCUT2D eigenvalue weighted by atomic mass is 35.5. The van der Waals surface area contributed by atoms with Crippen molar-refractivity contribution < 1.29 is 14.7 Å². The third-order valence-corrected chi connectivity index (χ3v) is 8.19. The van der Waals surface area contributed by atoms with Gasteiger partial charge in [-0.2, -0.15) is 5.10 Å². The summed E-state index contributed by atoms with van der Waals surface area (Å²) in [6.07, 6.45) is 3.89. The number of aliphatic imine (C=N–C) groups is 1. The Kier molecular flexibility index (Phi) is 7.60. The van der Waals surface area contributed by atoms with Gasteiger partial charge in [-0.15, -0.1) is 22.7 Å². The second kappa shape index (κ2) is 10.6. The van der Waals surface area contributed by atoms with Crippen LogP contribution in [0.5, 0.6) is 5.75 Å². The Morgan fingerprint density at radius 3 is 2.56 bits per heavy atom. The van der Waals surface area contributed by atoms with Crippen LogP contribution in [0, 0.1) is 0 Å². The van der Waals surface area contributed by atoms with Crippen LogP contribution in [0.25, 0.3) is 10.4 Å². The van der Waals surface area contributed by atoms with Gasteiger partial charge in [0.05, 0.1) is 20.7 Å². The average Bonchev–Trinajstić information content (AvgIpc) is 3.56. The van der Waals surface area contributed by atoms with E-state index < -0.39 is 0 Å². The number of hydrogen-bond acceptors (Lipinski definition) is 8. The lowest BCUT2D eigenvalue weighted by Crippen LogP contribution is -2.23. The molecule has 0 saturated carbocycles. The van der Waals surface area contributed by atoms with Crippen LogP contribution in [0.3, 0.4) is 0 Å². The van der Waals surface area contributed by atoms with Crippen LogP contribution in [-0.4, -0.2) is 53.2 Å². The van der Waals surface area contributed by atoms with Gasteiger partial charge in [-0.1, -0.05) is 23.7 Å². The number of aromatic hydroxyl groups is 1. The summed E-state index contributed by atoms with van der Waals surface area (Å²) in [7, 11) is 1.91. The molecular formula is C25H24ClN3O3S2. The van der Waals surface area contributed by atoms with E-state index in [-0.39, 0.29) is 29.9 Å². The molecule has 34 heavy (non-hydrogen) atoms. The lowest BCUT2D eigenvalue weighted by atomic mass is 10.1. The SMILES string of the molecule is CC(=NCC(=O)c1ccc(C(=O)CCC2CC=NN2C)s1)c1csc(-c2ccc(Cl)cc2)c1O. The van der Waals surface area contributed by atoms with Crippen molar-refractivity contribution >= 4 is 57.8 Å².